The average Bonchev–Trinajstić information content (AvgIpc) is 2.74. The Hall–Kier alpha value is -1.36. The van der Waals surface area contributed by atoms with E-state index in [0.29, 0.717) is 17.1 Å². The van der Waals surface area contributed by atoms with Crippen LogP contribution in [0.2, 0.25) is 0 Å². The topological polar surface area (TPSA) is 73.1 Å². The highest BCUT2D eigenvalue weighted by Crippen LogP contribution is 2.66. The Morgan fingerprint density at radius 2 is 2.10 bits per heavy atom. The summed E-state index contributed by atoms with van der Waals surface area (Å²) in [4.78, 5) is 8.38. The van der Waals surface area contributed by atoms with Crippen molar-refractivity contribution in [2.45, 2.75) is 53.1 Å². The highest BCUT2D eigenvalue weighted by atomic mass is 16.5. The summed E-state index contributed by atoms with van der Waals surface area (Å²) in [5.41, 5.74) is 4.03. The van der Waals surface area contributed by atoms with E-state index in [9.17, 15) is 0 Å². The molecular formula is C15H24N4O. The van der Waals surface area contributed by atoms with E-state index in [-0.39, 0.29) is 11.5 Å². The maximum absolute atomic E-state index is 6.27. The first-order valence-electron chi connectivity index (χ1n) is 7.35. The smallest absolute Gasteiger partial charge is 0.221 e. The number of nitrogens with one attached hydrogen (secondary N) is 1. The van der Waals surface area contributed by atoms with Gasteiger partial charge in [-0.25, -0.2) is 15.8 Å². The van der Waals surface area contributed by atoms with Crippen molar-refractivity contribution in [3.63, 3.8) is 0 Å². The Balaban J connectivity index is 1.87. The molecule has 2 bridgehead atoms. The van der Waals surface area contributed by atoms with Gasteiger partial charge < -0.3 is 10.2 Å². The van der Waals surface area contributed by atoms with Gasteiger partial charge in [0.2, 0.25) is 5.88 Å². The van der Waals surface area contributed by atoms with Crippen molar-refractivity contribution in [2.75, 3.05) is 5.43 Å². The Labute approximate surface area is 120 Å². The zero-order valence-corrected chi connectivity index (χ0v) is 12.7. The summed E-state index contributed by atoms with van der Waals surface area (Å²) in [6.07, 6.45) is 5.41. The molecule has 20 heavy (non-hydrogen) atoms. The maximum Gasteiger partial charge on any atom is 0.221 e. The summed E-state index contributed by atoms with van der Waals surface area (Å²) >= 11 is 0. The molecule has 110 valence electrons. The van der Waals surface area contributed by atoms with Crippen molar-refractivity contribution in [3.8, 4) is 5.88 Å². The van der Waals surface area contributed by atoms with E-state index in [4.69, 9.17) is 10.6 Å². The molecule has 0 saturated heterocycles. The van der Waals surface area contributed by atoms with E-state index in [1.807, 2.05) is 6.92 Å². The van der Waals surface area contributed by atoms with E-state index < -0.39 is 0 Å². The molecular weight excluding hydrogens is 252 g/mol. The standard InChI is InChI=1S/C15H24N4O/c1-9-12(19-16)17-8-18-13(9)20-11-7-10-5-6-15(11,4)14(10,2)3/h8,10-11H,5-7,16H2,1-4H3,(H,17,18,19). The van der Waals surface area contributed by atoms with Crippen molar-refractivity contribution >= 4 is 5.82 Å². The maximum atomic E-state index is 6.27. The molecule has 2 aliphatic carbocycles. The summed E-state index contributed by atoms with van der Waals surface area (Å²) in [5, 5.41) is 0. The average molecular weight is 276 g/mol. The zero-order chi connectivity index (χ0) is 14.5. The van der Waals surface area contributed by atoms with Gasteiger partial charge in [-0.05, 0) is 37.5 Å². The van der Waals surface area contributed by atoms with Crippen molar-refractivity contribution in [1.82, 2.24) is 9.97 Å². The summed E-state index contributed by atoms with van der Waals surface area (Å²) in [5.74, 6) is 7.50. The number of ether oxygens (including phenoxy) is 1. The quantitative estimate of drug-likeness (QED) is 0.656. The lowest BCUT2D eigenvalue weighted by Gasteiger charge is -2.38. The second-order valence-electron chi connectivity index (χ2n) is 7.01. The minimum Gasteiger partial charge on any atom is -0.473 e. The van der Waals surface area contributed by atoms with Crippen LogP contribution in [0, 0.1) is 23.7 Å². The van der Waals surface area contributed by atoms with E-state index in [0.717, 1.165) is 17.9 Å². The van der Waals surface area contributed by atoms with Gasteiger partial charge in [0.15, 0.2) is 0 Å². The molecule has 0 aliphatic heterocycles. The number of nitrogens with zero attached hydrogens (tertiary/aromatic N) is 2. The van der Waals surface area contributed by atoms with Gasteiger partial charge >= 0.3 is 0 Å². The first kappa shape index (κ1) is 13.6. The number of anilines is 1. The lowest BCUT2D eigenvalue weighted by atomic mass is 9.70. The molecule has 5 nitrogen and oxygen atoms in total. The van der Waals surface area contributed by atoms with Crippen LogP contribution in [0.4, 0.5) is 5.82 Å². The van der Waals surface area contributed by atoms with E-state index in [1.165, 1.54) is 19.2 Å². The third kappa shape index (κ3) is 1.65. The lowest BCUT2D eigenvalue weighted by molar-refractivity contribution is 0.0268. The second-order valence-corrected chi connectivity index (χ2v) is 7.01. The summed E-state index contributed by atoms with van der Waals surface area (Å²) in [6.45, 7) is 9.07. The molecule has 0 spiro atoms. The molecule has 2 saturated carbocycles. The summed E-state index contributed by atoms with van der Waals surface area (Å²) in [6, 6.07) is 0. The summed E-state index contributed by atoms with van der Waals surface area (Å²) < 4.78 is 6.27. The van der Waals surface area contributed by atoms with Crippen molar-refractivity contribution in [1.29, 1.82) is 0 Å². The highest BCUT2D eigenvalue weighted by Gasteiger charge is 2.62. The molecule has 3 atom stereocenters. The molecule has 0 radical (unpaired) electrons. The van der Waals surface area contributed by atoms with E-state index in [2.05, 4.69) is 36.2 Å². The third-order valence-corrected chi connectivity index (χ3v) is 6.14. The number of nitrogen functional groups attached to an aromatic ring is 1. The Morgan fingerprint density at radius 1 is 1.35 bits per heavy atom. The van der Waals surface area contributed by atoms with E-state index in [1.54, 1.807) is 0 Å². The first-order chi connectivity index (χ1) is 9.40. The molecule has 0 aromatic carbocycles. The van der Waals surface area contributed by atoms with Crippen LogP contribution in [0.25, 0.3) is 0 Å². The molecule has 0 amide bonds. The van der Waals surface area contributed by atoms with Gasteiger partial charge in [0.05, 0.1) is 5.56 Å². The largest absolute Gasteiger partial charge is 0.473 e. The number of nitrogens with two attached hydrogens (primary N) is 1. The first-order valence-corrected chi connectivity index (χ1v) is 7.35. The van der Waals surface area contributed by atoms with Crippen LogP contribution in [0.3, 0.4) is 0 Å². The fourth-order valence-corrected chi connectivity index (χ4v) is 4.14. The Bertz CT molecular complexity index is 531. The van der Waals surface area contributed by atoms with Crippen molar-refractivity contribution in [2.24, 2.45) is 22.6 Å². The molecule has 1 aromatic rings. The zero-order valence-electron chi connectivity index (χ0n) is 12.7. The van der Waals surface area contributed by atoms with Crippen LogP contribution in [-0.4, -0.2) is 16.1 Å². The van der Waals surface area contributed by atoms with Crippen LogP contribution in [0.5, 0.6) is 5.88 Å². The fraction of sp³-hybridized carbons (Fsp3) is 0.733. The van der Waals surface area contributed by atoms with Crippen molar-refractivity contribution in [3.05, 3.63) is 11.9 Å². The van der Waals surface area contributed by atoms with Gasteiger partial charge in [0.25, 0.3) is 0 Å². The van der Waals surface area contributed by atoms with Crippen LogP contribution >= 0.6 is 0 Å². The van der Waals surface area contributed by atoms with Crippen LogP contribution in [0.1, 0.15) is 45.6 Å². The highest BCUT2D eigenvalue weighted by molar-refractivity contribution is 5.46. The molecule has 3 unspecified atom stereocenters. The Kier molecular flexibility index (Phi) is 2.94. The predicted octanol–water partition coefficient (Wildman–Crippen LogP) is 2.66. The molecule has 1 aromatic heterocycles. The van der Waals surface area contributed by atoms with Crippen LogP contribution < -0.4 is 16.0 Å². The SMILES string of the molecule is Cc1c(NN)ncnc1OC1CC2CCC1(C)C2(C)C. The molecule has 3 N–H and O–H groups in total. The number of aromatic nitrogens is 2. The molecule has 1 heterocycles. The number of hydrogen-bond acceptors (Lipinski definition) is 5. The van der Waals surface area contributed by atoms with Gasteiger partial charge in [-0.15, -0.1) is 0 Å². The molecule has 3 rings (SSSR count). The minimum atomic E-state index is 0.228. The van der Waals surface area contributed by atoms with Gasteiger partial charge in [-0.3, -0.25) is 0 Å². The van der Waals surface area contributed by atoms with Crippen LogP contribution in [0.15, 0.2) is 6.33 Å². The number of rotatable bonds is 3. The van der Waals surface area contributed by atoms with Gasteiger partial charge in [0, 0.05) is 5.41 Å². The lowest BCUT2D eigenvalue weighted by Crippen LogP contribution is -2.39. The monoisotopic (exact) mass is 276 g/mol. The van der Waals surface area contributed by atoms with Gasteiger partial charge in [-0.2, -0.15) is 0 Å². The van der Waals surface area contributed by atoms with E-state index >= 15 is 0 Å². The third-order valence-electron chi connectivity index (χ3n) is 6.14. The second kappa shape index (κ2) is 4.32. The minimum absolute atomic E-state index is 0.228. The molecule has 5 heteroatoms. The molecule has 2 fully saturated rings. The molecule has 2 aliphatic rings. The van der Waals surface area contributed by atoms with Crippen molar-refractivity contribution < 1.29 is 4.74 Å². The number of hydrogen-bond donors (Lipinski definition) is 2. The van der Waals surface area contributed by atoms with Crippen LogP contribution in [-0.2, 0) is 0 Å². The summed E-state index contributed by atoms with van der Waals surface area (Å²) in [7, 11) is 0. The van der Waals surface area contributed by atoms with Gasteiger partial charge in [-0.1, -0.05) is 20.8 Å². The Morgan fingerprint density at radius 3 is 2.65 bits per heavy atom. The normalized spacial score (nSPS) is 34.2. The predicted molar refractivity (Wildman–Crippen MR) is 78.2 cm³/mol. The fourth-order valence-electron chi connectivity index (χ4n) is 4.14. The van der Waals surface area contributed by atoms with Gasteiger partial charge in [0.1, 0.15) is 18.2 Å². The number of fused-ring (bicyclic) bond motifs is 2. The number of hydrazine groups is 1.